The first-order chi connectivity index (χ1) is 11.8. The molecule has 132 valence electrons. The first-order valence-corrected chi connectivity index (χ1v) is 9.04. The van der Waals surface area contributed by atoms with Crippen molar-refractivity contribution in [2.24, 2.45) is 0 Å². The summed E-state index contributed by atoms with van der Waals surface area (Å²) in [6, 6.07) is 7.67. The first-order valence-electron chi connectivity index (χ1n) is 7.39. The van der Waals surface area contributed by atoms with Crippen LogP contribution in [0.15, 0.2) is 53.2 Å². The number of H-pyrrole nitrogens is 1. The third kappa shape index (κ3) is 4.77. The average molecular weight is 362 g/mol. The molecule has 0 aliphatic heterocycles. The maximum Gasteiger partial charge on any atom is 0.275 e. The highest BCUT2D eigenvalue weighted by Gasteiger charge is 2.21. The summed E-state index contributed by atoms with van der Waals surface area (Å²) in [5, 5.41) is 11.2. The average Bonchev–Trinajstić information content (AvgIpc) is 3.03. The maximum atomic E-state index is 12.2. The standard InChI is InChI=1S/C16H18N4O4S/c1-3-11(2)18-16(22)15-13(9-17-20-15)19-14(21)10-25(23,24)12-7-5-4-6-8-12/h3-9H,10H2,1-2H3,(H,17,20)(H,18,22)(H,19,21)/b11-3+. The smallest absolute Gasteiger partial charge is 0.275 e. The van der Waals surface area contributed by atoms with E-state index in [9.17, 15) is 18.0 Å². The minimum absolute atomic E-state index is 0.0339. The molecule has 0 spiro atoms. The van der Waals surface area contributed by atoms with E-state index in [1.54, 1.807) is 38.1 Å². The number of aromatic nitrogens is 2. The van der Waals surface area contributed by atoms with Gasteiger partial charge in [-0.05, 0) is 26.0 Å². The van der Waals surface area contributed by atoms with E-state index in [1.807, 2.05) is 0 Å². The van der Waals surface area contributed by atoms with Gasteiger partial charge in [0.1, 0.15) is 11.4 Å². The van der Waals surface area contributed by atoms with E-state index < -0.39 is 27.4 Å². The number of anilines is 1. The van der Waals surface area contributed by atoms with Crippen LogP contribution in [0.25, 0.3) is 0 Å². The molecule has 0 atom stereocenters. The van der Waals surface area contributed by atoms with Crippen molar-refractivity contribution in [2.75, 3.05) is 11.1 Å². The van der Waals surface area contributed by atoms with Gasteiger partial charge in [-0.1, -0.05) is 24.3 Å². The number of carbonyl (C=O) groups excluding carboxylic acids is 2. The molecule has 9 heteroatoms. The Morgan fingerprint density at radius 3 is 2.56 bits per heavy atom. The molecule has 0 bridgehead atoms. The van der Waals surface area contributed by atoms with Crippen molar-refractivity contribution in [3.63, 3.8) is 0 Å². The van der Waals surface area contributed by atoms with Gasteiger partial charge in [-0.3, -0.25) is 14.7 Å². The van der Waals surface area contributed by atoms with E-state index in [1.165, 1.54) is 18.3 Å². The van der Waals surface area contributed by atoms with Crippen LogP contribution < -0.4 is 10.6 Å². The fourth-order valence-corrected chi connectivity index (χ4v) is 3.09. The van der Waals surface area contributed by atoms with Crippen LogP contribution in [0.3, 0.4) is 0 Å². The molecule has 2 amide bonds. The highest BCUT2D eigenvalue weighted by molar-refractivity contribution is 7.92. The zero-order chi connectivity index (χ0) is 18.4. The van der Waals surface area contributed by atoms with Gasteiger partial charge < -0.3 is 10.6 Å². The van der Waals surface area contributed by atoms with E-state index in [-0.39, 0.29) is 16.3 Å². The third-order valence-corrected chi connectivity index (χ3v) is 4.94. The monoisotopic (exact) mass is 362 g/mol. The van der Waals surface area contributed by atoms with E-state index in [4.69, 9.17) is 0 Å². The van der Waals surface area contributed by atoms with Crippen LogP contribution in [-0.2, 0) is 14.6 Å². The highest BCUT2D eigenvalue weighted by atomic mass is 32.2. The second-order valence-electron chi connectivity index (χ2n) is 5.20. The topological polar surface area (TPSA) is 121 Å². The summed E-state index contributed by atoms with van der Waals surface area (Å²) in [7, 11) is -3.77. The maximum absolute atomic E-state index is 12.2. The normalized spacial score (nSPS) is 11.8. The lowest BCUT2D eigenvalue weighted by Crippen LogP contribution is -2.26. The van der Waals surface area contributed by atoms with Crippen LogP contribution in [0.5, 0.6) is 0 Å². The minimum Gasteiger partial charge on any atom is -0.325 e. The summed E-state index contributed by atoms with van der Waals surface area (Å²) in [6.45, 7) is 3.47. The van der Waals surface area contributed by atoms with Crippen LogP contribution in [0.2, 0.25) is 0 Å². The number of amides is 2. The fourth-order valence-electron chi connectivity index (χ4n) is 1.94. The molecule has 0 saturated carbocycles. The summed E-state index contributed by atoms with van der Waals surface area (Å²) >= 11 is 0. The lowest BCUT2D eigenvalue weighted by molar-refractivity contribution is -0.113. The number of hydrogen-bond donors (Lipinski definition) is 3. The van der Waals surface area contributed by atoms with Crippen molar-refractivity contribution in [3.05, 3.63) is 54.0 Å². The van der Waals surface area contributed by atoms with Crippen LogP contribution in [0.4, 0.5) is 5.69 Å². The molecule has 1 aromatic carbocycles. The molecule has 1 aromatic heterocycles. The van der Waals surface area contributed by atoms with Gasteiger partial charge in [0.15, 0.2) is 9.84 Å². The van der Waals surface area contributed by atoms with Crippen LogP contribution >= 0.6 is 0 Å². The number of nitrogens with one attached hydrogen (secondary N) is 3. The largest absolute Gasteiger partial charge is 0.325 e. The number of allylic oxidation sites excluding steroid dienone is 2. The van der Waals surface area contributed by atoms with Crippen LogP contribution in [0, 0.1) is 0 Å². The lowest BCUT2D eigenvalue weighted by Gasteiger charge is -2.08. The van der Waals surface area contributed by atoms with Gasteiger partial charge in [-0.2, -0.15) is 5.10 Å². The minimum atomic E-state index is -3.77. The molecule has 1 heterocycles. The Bertz CT molecular complexity index is 901. The molecule has 8 nitrogen and oxygen atoms in total. The summed E-state index contributed by atoms with van der Waals surface area (Å²) in [5.74, 6) is -1.99. The predicted molar refractivity (Wildman–Crippen MR) is 92.6 cm³/mol. The van der Waals surface area contributed by atoms with Crippen molar-refractivity contribution in [1.82, 2.24) is 15.5 Å². The molecule has 0 aliphatic carbocycles. The van der Waals surface area contributed by atoms with Gasteiger partial charge in [0.05, 0.1) is 16.8 Å². The lowest BCUT2D eigenvalue weighted by atomic mass is 10.3. The van der Waals surface area contributed by atoms with Gasteiger partial charge in [0, 0.05) is 5.70 Å². The summed E-state index contributed by atoms with van der Waals surface area (Å²) in [6.07, 6.45) is 2.95. The Hall–Kier alpha value is -2.94. The predicted octanol–water partition coefficient (Wildman–Crippen LogP) is 1.48. The Balaban J connectivity index is 2.10. The van der Waals surface area contributed by atoms with Crippen molar-refractivity contribution in [1.29, 1.82) is 0 Å². The Kier molecular flexibility index (Phi) is 5.71. The number of benzene rings is 1. The molecule has 0 unspecified atom stereocenters. The zero-order valence-corrected chi connectivity index (χ0v) is 14.6. The number of nitrogens with zero attached hydrogens (tertiary/aromatic N) is 1. The second-order valence-corrected chi connectivity index (χ2v) is 7.19. The number of carbonyl (C=O) groups is 2. The quantitative estimate of drug-likeness (QED) is 0.718. The van der Waals surface area contributed by atoms with Crippen molar-refractivity contribution in [2.45, 2.75) is 18.7 Å². The number of sulfone groups is 1. The SMILES string of the molecule is C/C=C(\C)NC(=O)c1[nH]ncc1NC(=O)CS(=O)(=O)c1ccccc1. The van der Waals surface area contributed by atoms with Gasteiger partial charge in [-0.15, -0.1) is 0 Å². The summed E-state index contributed by atoms with van der Waals surface area (Å²) in [4.78, 5) is 24.2. The molecular weight excluding hydrogens is 344 g/mol. The van der Waals surface area contributed by atoms with Crippen molar-refractivity contribution >= 4 is 27.3 Å². The molecule has 3 N–H and O–H groups in total. The Labute approximate surface area is 145 Å². The molecule has 25 heavy (non-hydrogen) atoms. The van der Waals surface area contributed by atoms with E-state index in [0.717, 1.165) is 0 Å². The summed E-state index contributed by atoms with van der Waals surface area (Å²) in [5.41, 5.74) is 0.768. The number of aromatic amines is 1. The van der Waals surface area contributed by atoms with Crippen molar-refractivity contribution < 1.29 is 18.0 Å². The molecule has 2 rings (SSSR count). The Morgan fingerprint density at radius 2 is 1.92 bits per heavy atom. The molecule has 0 fully saturated rings. The van der Waals surface area contributed by atoms with Gasteiger partial charge in [0.25, 0.3) is 5.91 Å². The first kappa shape index (κ1) is 18.4. The van der Waals surface area contributed by atoms with Crippen LogP contribution in [-0.4, -0.2) is 36.2 Å². The van der Waals surface area contributed by atoms with Crippen LogP contribution in [0.1, 0.15) is 24.3 Å². The number of hydrogen-bond acceptors (Lipinski definition) is 5. The molecule has 2 aromatic rings. The second kappa shape index (κ2) is 7.75. The molecular formula is C16H18N4O4S. The van der Waals surface area contributed by atoms with Gasteiger partial charge >= 0.3 is 0 Å². The Morgan fingerprint density at radius 1 is 1.24 bits per heavy atom. The van der Waals surface area contributed by atoms with E-state index in [2.05, 4.69) is 20.8 Å². The molecule has 0 saturated heterocycles. The molecule has 0 aliphatic rings. The van der Waals surface area contributed by atoms with E-state index in [0.29, 0.717) is 5.70 Å². The van der Waals surface area contributed by atoms with Gasteiger partial charge in [-0.25, -0.2) is 8.42 Å². The highest BCUT2D eigenvalue weighted by Crippen LogP contribution is 2.14. The third-order valence-electron chi connectivity index (χ3n) is 3.31. The number of rotatable bonds is 6. The van der Waals surface area contributed by atoms with Crippen molar-refractivity contribution in [3.8, 4) is 0 Å². The zero-order valence-electron chi connectivity index (χ0n) is 13.7. The van der Waals surface area contributed by atoms with E-state index >= 15 is 0 Å². The van der Waals surface area contributed by atoms with Gasteiger partial charge in [0.2, 0.25) is 5.91 Å². The summed E-state index contributed by atoms with van der Waals surface area (Å²) < 4.78 is 24.4. The fraction of sp³-hybridized carbons (Fsp3) is 0.188. The molecule has 0 radical (unpaired) electrons.